The van der Waals surface area contributed by atoms with E-state index in [9.17, 15) is 4.79 Å². The lowest BCUT2D eigenvalue weighted by Crippen LogP contribution is -2.53. The van der Waals surface area contributed by atoms with Crippen LogP contribution in [0.2, 0.25) is 0 Å². The number of aldehydes is 1. The first kappa shape index (κ1) is 16.2. The van der Waals surface area contributed by atoms with Gasteiger partial charge in [0.1, 0.15) is 6.29 Å². The van der Waals surface area contributed by atoms with E-state index in [2.05, 4.69) is 20.8 Å². The van der Waals surface area contributed by atoms with Gasteiger partial charge in [0.15, 0.2) is 0 Å². The maximum absolute atomic E-state index is 11.3. The molecule has 1 heteroatoms. The van der Waals surface area contributed by atoms with Crippen LogP contribution < -0.4 is 0 Å². The first-order valence-corrected chi connectivity index (χ1v) is 10.5. The van der Waals surface area contributed by atoms with Crippen molar-refractivity contribution >= 4 is 6.29 Å². The Morgan fingerprint density at radius 3 is 2.39 bits per heavy atom. The minimum Gasteiger partial charge on any atom is -0.303 e. The molecule has 4 fully saturated rings. The lowest BCUT2D eigenvalue weighted by atomic mass is 9.44. The first-order chi connectivity index (χ1) is 11.0. The summed E-state index contributed by atoms with van der Waals surface area (Å²) in [6, 6.07) is 0. The van der Waals surface area contributed by atoms with Gasteiger partial charge >= 0.3 is 0 Å². The van der Waals surface area contributed by atoms with Crippen molar-refractivity contribution in [3.63, 3.8) is 0 Å². The fourth-order valence-corrected chi connectivity index (χ4v) is 8.19. The highest BCUT2D eigenvalue weighted by Gasteiger charge is 2.59. The molecule has 4 rings (SSSR count). The third kappa shape index (κ3) is 2.20. The van der Waals surface area contributed by atoms with Crippen LogP contribution in [0.3, 0.4) is 0 Å². The summed E-state index contributed by atoms with van der Waals surface area (Å²) in [5.41, 5.74) is 1.20. The minimum absolute atomic E-state index is 0.370. The van der Waals surface area contributed by atoms with Gasteiger partial charge in [0.05, 0.1) is 0 Å². The number of rotatable bonds is 2. The highest BCUT2D eigenvalue weighted by Crippen LogP contribution is 2.67. The molecule has 23 heavy (non-hydrogen) atoms. The smallest absolute Gasteiger partial charge is 0.123 e. The first-order valence-electron chi connectivity index (χ1n) is 10.5. The van der Waals surface area contributed by atoms with Gasteiger partial charge in [-0.05, 0) is 98.2 Å². The molecule has 1 nitrogen and oxygen atoms in total. The van der Waals surface area contributed by atoms with E-state index in [1.165, 1.54) is 70.5 Å². The summed E-state index contributed by atoms with van der Waals surface area (Å²) < 4.78 is 0. The van der Waals surface area contributed by atoms with Crippen molar-refractivity contribution < 1.29 is 4.79 Å². The zero-order chi connectivity index (χ0) is 16.2. The Morgan fingerprint density at radius 1 is 0.913 bits per heavy atom. The van der Waals surface area contributed by atoms with Gasteiger partial charge < -0.3 is 4.79 Å². The monoisotopic (exact) mass is 316 g/mol. The molecule has 0 radical (unpaired) electrons. The summed E-state index contributed by atoms with van der Waals surface area (Å²) >= 11 is 0. The molecule has 0 amide bonds. The van der Waals surface area contributed by atoms with Crippen LogP contribution >= 0.6 is 0 Å². The maximum atomic E-state index is 11.3. The van der Waals surface area contributed by atoms with Crippen molar-refractivity contribution in [2.24, 2.45) is 46.3 Å². The second kappa shape index (κ2) is 5.60. The van der Waals surface area contributed by atoms with Crippen molar-refractivity contribution in [1.82, 2.24) is 0 Å². The van der Waals surface area contributed by atoms with E-state index >= 15 is 0 Å². The van der Waals surface area contributed by atoms with Gasteiger partial charge in [-0.3, -0.25) is 0 Å². The molecule has 4 saturated carbocycles. The van der Waals surface area contributed by atoms with Crippen LogP contribution in [0.25, 0.3) is 0 Å². The molecule has 8 atom stereocenters. The van der Waals surface area contributed by atoms with Crippen LogP contribution in [0.4, 0.5) is 0 Å². The Bertz CT molecular complexity index is 471. The minimum atomic E-state index is 0.370. The van der Waals surface area contributed by atoms with Gasteiger partial charge in [0, 0.05) is 5.92 Å². The standard InChI is InChI=1S/C22H36O/c1-4-16-6-8-19-18-7-5-17-13-15(14-23)9-11-22(17,3)20(18)10-12-21(16,19)2/h14-20H,4-13H2,1-3H3/t15-,16-,17?,18?,19?,20?,21?,22-/m0/s1. The Balaban J connectivity index is 1.59. The summed E-state index contributed by atoms with van der Waals surface area (Å²) in [5, 5.41) is 0. The number of hydrogen-bond acceptors (Lipinski definition) is 1. The van der Waals surface area contributed by atoms with E-state index < -0.39 is 0 Å². The summed E-state index contributed by atoms with van der Waals surface area (Å²) in [5.74, 6) is 5.16. The second-order valence-corrected chi connectivity index (χ2v) is 10.1. The molecule has 0 aliphatic heterocycles. The maximum Gasteiger partial charge on any atom is 0.123 e. The zero-order valence-corrected chi connectivity index (χ0v) is 15.5. The van der Waals surface area contributed by atoms with E-state index in [0.29, 0.717) is 16.7 Å². The molecule has 4 aliphatic carbocycles. The van der Waals surface area contributed by atoms with Crippen molar-refractivity contribution in [2.45, 2.75) is 85.0 Å². The van der Waals surface area contributed by atoms with E-state index in [1.54, 1.807) is 0 Å². The molecule has 4 aliphatic rings. The highest BCUT2D eigenvalue weighted by atomic mass is 16.1. The van der Waals surface area contributed by atoms with E-state index in [-0.39, 0.29) is 0 Å². The van der Waals surface area contributed by atoms with Crippen LogP contribution in [-0.4, -0.2) is 6.29 Å². The molecule has 130 valence electrons. The van der Waals surface area contributed by atoms with Crippen LogP contribution in [-0.2, 0) is 4.79 Å². The summed E-state index contributed by atoms with van der Waals surface area (Å²) in [6.07, 6.45) is 15.2. The molecule has 0 N–H and O–H groups in total. The Hall–Kier alpha value is -0.330. The van der Waals surface area contributed by atoms with Gasteiger partial charge in [-0.2, -0.15) is 0 Å². The zero-order valence-electron chi connectivity index (χ0n) is 15.5. The molecule has 0 saturated heterocycles. The SMILES string of the molecule is CC[C@H]1CCC2C3CCC4C[C@@H](C=O)CC[C@]4(C)C3CCC21C. The van der Waals surface area contributed by atoms with Crippen molar-refractivity contribution in [1.29, 1.82) is 0 Å². The Kier molecular flexibility index (Phi) is 3.93. The van der Waals surface area contributed by atoms with Crippen LogP contribution in [0, 0.1) is 46.3 Å². The molecular weight excluding hydrogens is 280 g/mol. The Morgan fingerprint density at radius 2 is 1.65 bits per heavy atom. The molecule has 0 heterocycles. The molecule has 0 spiro atoms. The topological polar surface area (TPSA) is 17.1 Å². The molecule has 0 aromatic rings. The average Bonchev–Trinajstić information content (AvgIpc) is 2.90. The van der Waals surface area contributed by atoms with Crippen molar-refractivity contribution in [3.05, 3.63) is 0 Å². The van der Waals surface area contributed by atoms with Gasteiger partial charge in [0.25, 0.3) is 0 Å². The third-order valence-corrected chi connectivity index (χ3v) is 9.59. The summed E-state index contributed by atoms with van der Waals surface area (Å²) in [7, 11) is 0. The van der Waals surface area contributed by atoms with E-state index in [1.807, 2.05) is 0 Å². The molecule has 0 bridgehead atoms. The third-order valence-electron chi connectivity index (χ3n) is 9.59. The summed E-state index contributed by atoms with van der Waals surface area (Å²) in [6.45, 7) is 7.68. The number of hydrogen-bond donors (Lipinski definition) is 0. The van der Waals surface area contributed by atoms with Crippen molar-refractivity contribution in [2.75, 3.05) is 0 Å². The van der Waals surface area contributed by atoms with Gasteiger partial charge in [-0.1, -0.05) is 27.2 Å². The quantitative estimate of drug-likeness (QED) is 0.582. The highest BCUT2D eigenvalue weighted by molar-refractivity contribution is 5.53. The van der Waals surface area contributed by atoms with Gasteiger partial charge in [-0.15, -0.1) is 0 Å². The fraction of sp³-hybridized carbons (Fsp3) is 0.955. The van der Waals surface area contributed by atoms with Crippen molar-refractivity contribution in [3.8, 4) is 0 Å². The summed E-state index contributed by atoms with van der Waals surface area (Å²) in [4.78, 5) is 11.3. The van der Waals surface area contributed by atoms with Gasteiger partial charge in [-0.25, -0.2) is 0 Å². The van der Waals surface area contributed by atoms with Crippen LogP contribution in [0.15, 0.2) is 0 Å². The lowest BCUT2D eigenvalue weighted by molar-refractivity contribution is -0.128. The van der Waals surface area contributed by atoms with Gasteiger partial charge in [0.2, 0.25) is 0 Å². The molecular formula is C22H36O. The fourth-order valence-electron chi connectivity index (χ4n) is 8.19. The average molecular weight is 317 g/mol. The Labute approximate surface area is 143 Å². The largest absolute Gasteiger partial charge is 0.303 e. The molecule has 5 unspecified atom stereocenters. The number of carbonyl (C=O) groups excluding carboxylic acids is 1. The number of carbonyl (C=O) groups is 1. The van der Waals surface area contributed by atoms with E-state index in [4.69, 9.17) is 0 Å². The molecule has 0 aromatic carbocycles. The normalized spacial score (nSPS) is 55.6. The van der Waals surface area contributed by atoms with Crippen LogP contribution in [0.1, 0.15) is 85.0 Å². The predicted molar refractivity (Wildman–Crippen MR) is 95.1 cm³/mol. The van der Waals surface area contributed by atoms with Crippen LogP contribution in [0.5, 0.6) is 0 Å². The van der Waals surface area contributed by atoms with E-state index in [0.717, 1.165) is 29.6 Å². The molecule has 0 aromatic heterocycles. The number of fused-ring (bicyclic) bond motifs is 5. The second-order valence-electron chi connectivity index (χ2n) is 10.1. The lowest BCUT2D eigenvalue weighted by Gasteiger charge is -2.61. The predicted octanol–water partition coefficient (Wildman–Crippen LogP) is 5.87.